The molecule has 1 amide bonds. The van der Waals surface area contributed by atoms with Crippen LogP contribution in [0.25, 0.3) is 5.57 Å². The Morgan fingerprint density at radius 1 is 1.06 bits per heavy atom. The van der Waals surface area contributed by atoms with E-state index < -0.39 is 15.9 Å². The fourth-order valence-corrected chi connectivity index (χ4v) is 5.46. The third-order valence-corrected chi connectivity index (χ3v) is 7.15. The Hall–Kier alpha value is -3.04. The van der Waals surface area contributed by atoms with Crippen molar-refractivity contribution >= 4 is 27.2 Å². The molecule has 9 heteroatoms. The average molecular weight is 461 g/mol. The van der Waals surface area contributed by atoms with Gasteiger partial charge < -0.3 is 19.5 Å². The van der Waals surface area contributed by atoms with Crippen LogP contribution in [0.5, 0.6) is 11.5 Å². The molecule has 1 unspecified atom stereocenters. The first-order valence-corrected chi connectivity index (χ1v) is 11.5. The highest BCUT2D eigenvalue weighted by molar-refractivity contribution is 7.97. The van der Waals surface area contributed by atoms with Gasteiger partial charge in [0.2, 0.25) is 0 Å². The van der Waals surface area contributed by atoms with Crippen molar-refractivity contribution in [2.45, 2.75) is 26.4 Å². The number of nitrogens with one attached hydrogen (secondary N) is 1. The zero-order valence-electron chi connectivity index (χ0n) is 18.8. The van der Waals surface area contributed by atoms with Crippen LogP contribution in [-0.4, -0.2) is 48.3 Å². The molecular weight excluding hydrogens is 432 g/mol. The van der Waals surface area contributed by atoms with Crippen molar-refractivity contribution in [1.29, 1.82) is 0 Å². The summed E-state index contributed by atoms with van der Waals surface area (Å²) in [5.74, 6) is 0.163. The van der Waals surface area contributed by atoms with E-state index in [2.05, 4.69) is 5.32 Å². The van der Waals surface area contributed by atoms with E-state index in [-0.39, 0.29) is 24.1 Å². The first-order valence-electron chi connectivity index (χ1n) is 10.1. The van der Waals surface area contributed by atoms with Crippen LogP contribution in [0, 0.1) is 0 Å². The van der Waals surface area contributed by atoms with Gasteiger partial charge in [-0.15, -0.1) is 0 Å². The zero-order chi connectivity index (χ0) is 23.5. The molecule has 0 aromatic heterocycles. The summed E-state index contributed by atoms with van der Waals surface area (Å²) in [6, 6.07) is 12.2. The van der Waals surface area contributed by atoms with Crippen molar-refractivity contribution in [3.8, 4) is 11.5 Å². The van der Waals surface area contributed by atoms with Crippen LogP contribution in [0.4, 0.5) is 5.69 Å². The van der Waals surface area contributed by atoms with Gasteiger partial charge in [-0.25, -0.2) is 8.42 Å². The van der Waals surface area contributed by atoms with E-state index in [1.807, 2.05) is 30.3 Å². The van der Waals surface area contributed by atoms with E-state index >= 15 is 0 Å². The fourth-order valence-electron chi connectivity index (χ4n) is 3.72. The number of rotatable bonds is 8. The number of nitrogens with zero attached hydrogens (tertiary/aromatic N) is 1. The van der Waals surface area contributed by atoms with E-state index in [9.17, 15) is 13.2 Å². The molecule has 1 heterocycles. The molecule has 0 fully saturated rings. The van der Waals surface area contributed by atoms with E-state index in [1.165, 1.54) is 25.6 Å². The number of anilines is 1. The lowest BCUT2D eigenvalue weighted by molar-refractivity contribution is -0.117. The summed E-state index contributed by atoms with van der Waals surface area (Å²) in [6.45, 7) is 3.69. The highest BCUT2D eigenvalue weighted by atomic mass is 32.2. The monoisotopic (exact) mass is 460 g/mol. The average Bonchev–Trinajstić information content (AvgIpc) is 2.76. The number of sulfonamides is 1. The van der Waals surface area contributed by atoms with Gasteiger partial charge in [0.15, 0.2) is 16.4 Å². The largest absolute Gasteiger partial charge is 0.493 e. The molecule has 0 aliphatic carbocycles. The molecular formula is C23H28N2O6S. The predicted octanol–water partition coefficient (Wildman–Crippen LogP) is 2.94. The first kappa shape index (κ1) is 23.6. The number of amides is 1. The maximum Gasteiger partial charge on any atom is 0.270 e. The van der Waals surface area contributed by atoms with Gasteiger partial charge in [-0.3, -0.25) is 9.10 Å². The molecule has 0 saturated carbocycles. The Morgan fingerprint density at radius 2 is 1.69 bits per heavy atom. The molecule has 0 bridgehead atoms. The van der Waals surface area contributed by atoms with Crippen LogP contribution in [0.2, 0.25) is 0 Å². The molecule has 0 radical (unpaired) electrons. The molecule has 0 saturated heterocycles. The van der Waals surface area contributed by atoms with E-state index in [4.69, 9.17) is 14.2 Å². The Bertz CT molecular complexity index is 1130. The quantitative estimate of drug-likeness (QED) is 0.651. The number of benzene rings is 2. The maximum absolute atomic E-state index is 13.7. The summed E-state index contributed by atoms with van der Waals surface area (Å²) in [5.41, 5.74) is 2.12. The van der Waals surface area contributed by atoms with Crippen LogP contribution in [0.15, 0.2) is 47.4 Å². The number of methoxy groups -OCH3 is 3. The van der Waals surface area contributed by atoms with Gasteiger partial charge in [0.05, 0.1) is 33.1 Å². The smallest absolute Gasteiger partial charge is 0.270 e. The minimum atomic E-state index is -4.17. The second kappa shape index (κ2) is 9.62. The van der Waals surface area contributed by atoms with Gasteiger partial charge in [-0.2, -0.15) is 0 Å². The molecule has 2 aromatic rings. The molecule has 32 heavy (non-hydrogen) atoms. The summed E-state index contributed by atoms with van der Waals surface area (Å²) in [6.07, 6.45) is 0. The van der Waals surface area contributed by atoms with Gasteiger partial charge in [0.25, 0.3) is 15.9 Å². The highest BCUT2D eigenvalue weighted by Gasteiger charge is 2.40. The summed E-state index contributed by atoms with van der Waals surface area (Å²) in [5, 5.41) is 2.72. The van der Waals surface area contributed by atoms with E-state index in [0.717, 1.165) is 5.56 Å². The number of hydrogen-bond donors (Lipinski definition) is 1. The van der Waals surface area contributed by atoms with Crippen molar-refractivity contribution in [2.24, 2.45) is 0 Å². The second-order valence-electron chi connectivity index (χ2n) is 7.51. The number of hydrogen-bond acceptors (Lipinski definition) is 6. The topological polar surface area (TPSA) is 94.2 Å². The minimum absolute atomic E-state index is 0.0589. The first-order chi connectivity index (χ1) is 15.2. The molecule has 0 spiro atoms. The number of carbonyl (C=O) groups excluding carboxylic acids is 1. The van der Waals surface area contributed by atoms with Crippen molar-refractivity contribution in [2.75, 3.05) is 32.2 Å². The molecule has 1 atom stereocenters. The summed E-state index contributed by atoms with van der Waals surface area (Å²) in [7, 11) is 0.343. The number of carbonyl (C=O) groups is 1. The third-order valence-electron chi connectivity index (χ3n) is 5.23. The Kier molecular flexibility index (Phi) is 7.10. The third kappa shape index (κ3) is 4.44. The van der Waals surface area contributed by atoms with Crippen LogP contribution >= 0.6 is 0 Å². The Labute approximate surface area is 188 Å². The van der Waals surface area contributed by atoms with Crippen molar-refractivity contribution in [3.63, 3.8) is 0 Å². The second-order valence-corrected chi connectivity index (χ2v) is 9.30. The van der Waals surface area contributed by atoms with Crippen LogP contribution in [0.3, 0.4) is 0 Å². The summed E-state index contributed by atoms with van der Waals surface area (Å²) < 4.78 is 44.6. The number of fused-ring (bicyclic) bond motifs is 1. The lowest BCUT2D eigenvalue weighted by atomic mass is 10.0. The van der Waals surface area contributed by atoms with Crippen molar-refractivity contribution < 1.29 is 27.4 Å². The minimum Gasteiger partial charge on any atom is -0.493 e. The van der Waals surface area contributed by atoms with Crippen LogP contribution < -0.4 is 19.1 Å². The zero-order valence-corrected chi connectivity index (χ0v) is 19.7. The summed E-state index contributed by atoms with van der Waals surface area (Å²) in [4.78, 5) is 12.8. The van der Waals surface area contributed by atoms with Crippen molar-refractivity contribution in [3.05, 3.63) is 58.5 Å². The van der Waals surface area contributed by atoms with Gasteiger partial charge in [-0.1, -0.05) is 30.3 Å². The Balaban J connectivity index is 2.20. The number of ether oxygens (including phenoxy) is 3. The number of allylic oxidation sites excluding steroid dienone is 1. The van der Waals surface area contributed by atoms with E-state index in [1.54, 1.807) is 26.0 Å². The molecule has 1 aliphatic heterocycles. The summed E-state index contributed by atoms with van der Waals surface area (Å²) >= 11 is 0. The lowest BCUT2D eigenvalue weighted by Gasteiger charge is -2.33. The van der Waals surface area contributed by atoms with E-state index in [0.29, 0.717) is 28.3 Å². The van der Waals surface area contributed by atoms with Gasteiger partial charge in [0.1, 0.15) is 0 Å². The molecule has 172 valence electrons. The van der Waals surface area contributed by atoms with Crippen molar-refractivity contribution in [1.82, 2.24) is 5.32 Å². The Morgan fingerprint density at radius 3 is 2.28 bits per heavy atom. The molecule has 1 aliphatic rings. The molecule has 2 aromatic carbocycles. The molecule has 1 N–H and O–H groups in total. The normalized spacial score (nSPS) is 15.7. The predicted molar refractivity (Wildman–Crippen MR) is 123 cm³/mol. The van der Waals surface area contributed by atoms with Gasteiger partial charge in [0, 0.05) is 24.8 Å². The van der Waals surface area contributed by atoms with Gasteiger partial charge >= 0.3 is 0 Å². The molecule has 8 nitrogen and oxygen atoms in total. The molecule has 3 rings (SSSR count). The maximum atomic E-state index is 13.7. The lowest BCUT2D eigenvalue weighted by Crippen LogP contribution is -2.44. The van der Waals surface area contributed by atoms with Gasteiger partial charge in [-0.05, 0) is 31.1 Å². The fraction of sp³-hybridized carbons (Fsp3) is 0.348. The van der Waals surface area contributed by atoms with Crippen LogP contribution in [0.1, 0.15) is 25.0 Å². The van der Waals surface area contributed by atoms with Crippen LogP contribution in [-0.2, 0) is 26.1 Å². The highest BCUT2D eigenvalue weighted by Crippen LogP contribution is 2.45. The standard InChI is InChI=1S/C23H28N2O6S/c1-15(14-29-3)24-23(26)22-16(2)18-11-20(30-4)21(31-5)12-19(18)25(32(22,27)28)13-17-9-7-6-8-10-17/h6-12,15H,13-14H2,1-5H3,(H,24,26). The SMILES string of the molecule is COCC(C)NC(=O)C1=C(C)c2cc(OC)c(OC)cc2N(Cc2ccccc2)S1(=O)=O.